The number of carbonyl (C=O) groups is 4. The van der Waals surface area contributed by atoms with Gasteiger partial charge in [-0.15, -0.1) is 0 Å². The monoisotopic (exact) mass is 558 g/mol. The minimum absolute atomic E-state index is 0.166. The van der Waals surface area contributed by atoms with Gasteiger partial charge in [-0.2, -0.15) is 15.6 Å². The Labute approximate surface area is 225 Å². The molecule has 38 heavy (non-hydrogen) atoms. The highest BCUT2D eigenvalue weighted by Gasteiger charge is 2.55. The summed E-state index contributed by atoms with van der Waals surface area (Å²) in [6, 6.07) is 3.45. The summed E-state index contributed by atoms with van der Waals surface area (Å²) in [5, 5.41) is 5.22. The molecule has 202 valence electrons. The Kier molecular flexibility index (Phi) is 7.73. The third-order valence-corrected chi connectivity index (χ3v) is 10.1. The van der Waals surface area contributed by atoms with Gasteiger partial charge in [0.05, 0.1) is 18.2 Å². The highest BCUT2D eigenvalue weighted by atomic mass is 32.2. The van der Waals surface area contributed by atoms with Crippen LogP contribution in [0.2, 0.25) is 0 Å². The minimum Gasteiger partial charge on any atom is -0.340 e. The number of amides is 2. The molecule has 1 N–H and O–H groups in total. The van der Waals surface area contributed by atoms with E-state index in [9.17, 15) is 27.6 Å². The van der Waals surface area contributed by atoms with Crippen LogP contribution in [0.4, 0.5) is 0 Å². The second kappa shape index (κ2) is 11.0. The molecule has 2 aromatic heterocycles. The van der Waals surface area contributed by atoms with Gasteiger partial charge in [-0.1, -0.05) is 38.2 Å². The van der Waals surface area contributed by atoms with E-state index in [-0.39, 0.29) is 36.4 Å². The quantitative estimate of drug-likeness (QED) is 0.551. The first-order valence-corrected chi connectivity index (χ1v) is 15.3. The van der Waals surface area contributed by atoms with Crippen molar-refractivity contribution >= 4 is 44.1 Å². The van der Waals surface area contributed by atoms with Crippen LogP contribution in [0.5, 0.6) is 0 Å². The molecular formula is C26H30N4O6S2. The van der Waals surface area contributed by atoms with Gasteiger partial charge < -0.3 is 10.2 Å². The molecule has 2 saturated heterocycles. The number of sulfonamides is 1. The van der Waals surface area contributed by atoms with Crippen LogP contribution in [-0.4, -0.2) is 76.5 Å². The van der Waals surface area contributed by atoms with Crippen LogP contribution in [0.1, 0.15) is 65.8 Å². The van der Waals surface area contributed by atoms with Gasteiger partial charge in [0.2, 0.25) is 5.91 Å². The van der Waals surface area contributed by atoms with Gasteiger partial charge in [0, 0.05) is 18.1 Å². The lowest BCUT2D eigenvalue weighted by atomic mass is 9.84. The van der Waals surface area contributed by atoms with Crippen molar-refractivity contribution in [2.75, 3.05) is 13.1 Å². The zero-order chi connectivity index (χ0) is 26.9. The van der Waals surface area contributed by atoms with E-state index in [0.29, 0.717) is 12.0 Å². The lowest BCUT2D eigenvalue weighted by Crippen LogP contribution is -2.53. The van der Waals surface area contributed by atoms with Gasteiger partial charge in [0.1, 0.15) is 17.8 Å². The summed E-state index contributed by atoms with van der Waals surface area (Å²) >= 11 is 1.39. The third kappa shape index (κ3) is 5.16. The van der Waals surface area contributed by atoms with Crippen molar-refractivity contribution in [3.63, 3.8) is 0 Å². The zero-order valence-electron chi connectivity index (χ0n) is 20.8. The van der Waals surface area contributed by atoms with Gasteiger partial charge in [0.15, 0.2) is 5.78 Å². The van der Waals surface area contributed by atoms with E-state index in [1.54, 1.807) is 22.9 Å². The topological polar surface area (TPSA) is 134 Å². The molecule has 1 aliphatic carbocycles. The second-order valence-corrected chi connectivity index (χ2v) is 12.7. The van der Waals surface area contributed by atoms with Crippen LogP contribution in [0.15, 0.2) is 41.2 Å². The number of aromatic nitrogens is 1. The van der Waals surface area contributed by atoms with Crippen molar-refractivity contribution in [3.05, 3.63) is 52.5 Å². The summed E-state index contributed by atoms with van der Waals surface area (Å²) in [6.45, 7) is -0.312. The fraction of sp³-hybridized carbons (Fsp3) is 0.500. The number of hydrogen-bond acceptors (Lipinski definition) is 8. The van der Waals surface area contributed by atoms with E-state index in [2.05, 4.69) is 10.3 Å². The number of fused-ring (bicyclic) bond motifs is 1. The maximum absolute atomic E-state index is 13.8. The van der Waals surface area contributed by atoms with Gasteiger partial charge in [0.25, 0.3) is 15.9 Å². The first-order chi connectivity index (χ1) is 18.3. The predicted octanol–water partition coefficient (Wildman–Crippen LogP) is 2.24. The standard InChI is InChI=1S/C26H30N4O6S2/c31-22-15-30(38(35,36)26(34)19-8-4-5-11-27-19)21-9-12-29(23(21)22)25(33)20(14-17-6-2-1-3-7-17)28-24(32)18-10-13-37-16-18/h4-5,8,10-11,13,16-17,20-21,23H,1-3,6-7,9,12,14-15H2,(H,28,32). The highest BCUT2D eigenvalue weighted by molar-refractivity contribution is 8.04. The van der Waals surface area contributed by atoms with Crippen molar-refractivity contribution in [3.8, 4) is 0 Å². The van der Waals surface area contributed by atoms with E-state index < -0.39 is 45.6 Å². The third-order valence-electron chi connectivity index (χ3n) is 7.76. The van der Waals surface area contributed by atoms with Crippen molar-refractivity contribution in [1.29, 1.82) is 0 Å². The Morgan fingerprint density at radius 1 is 1.11 bits per heavy atom. The van der Waals surface area contributed by atoms with Crippen LogP contribution in [0, 0.1) is 5.92 Å². The number of pyridine rings is 1. The molecule has 3 fully saturated rings. The Balaban J connectivity index is 1.35. The predicted molar refractivity (Wildman–Crippen MR) is 140 cm³/mol. The largest absolute Gasteiger partial charge is 0.340 e. The molecule has 2 aliphatic heterocycles. The molecule has 5 rings (SSSR count). The molecule has 3 atom stereocenters. The number of likely N-dealkylation sites (tertiary alicyclic amines) is 1. The molecule has 2 amide bonds. The summed E-state index contributed by atoms with van der Waals surface area (Å²) in [7, 11) is -4.51. The average Bonchev–Trinajstić information content (AvgIpc) is 3.68. The van der Waals surface area contributed by atoms with Gasteiger partial charge in [-0.25, -0.2) is 8.42 Å². The molecule has 10 nitrogen and oxygen atoms in total. The summed E-state index contributed by atoms with van der Waals surface area (Å²) in [5.41, 5.74) is 0.246. The van der Waals surface area contributed by atoms with E-state index in [0.717, 1.165) is 36.4 Å². The number of Topliss-reactive ketones (excluding diaryl/α,β-unsaturated/α-hetero) is 1. The molecular weight excluding hydrogens is 528 g/mol. The number of hydrogen-bond donors (Lipinski definition) is 1. The molecule has 0 bridgehead atoms. The molecule has 4 heterocycles. The number of thiophene rings is 1. The van der Waals surface area contributed by atoms with E-state index in [1.165, 1.54) is 34.6 Å². The lowest BCUT2D eigenvalue weighted by molar-refractivity contribution is -0.138. The Morgan fingerprint density at radius 2 is 1.89 bits per heavy atom. The highest BCUT2D eigenvalue weighted by Crippen LogP contribution is 2.34. The number of nitrogens with zero attached hydrogens (tertiary/aromatic N) is 3. The maximum atomic E-state index is 13.8. The van der Waals surface area contributed by atoms with Gasteiger partial charge >= 0.3 is 5.12 Å². The summed E-state index contributed by atoms with van der Waals surface area (Å²) in [4.78, 5) is 57.9. The second-order valence-electron chi connectivity index (χ2n) is 10.1. The van der Waals surface area contributed by atoms with Crippen LogP contribution >= 0.6 is 11.3 Å². The Hall–Kier alpha value is -2.96. The SMILES string of the molecule is O=C(NC(CC1CCCCC1)C(=O)N1CCC2C1C(=O)CN2S(=O)(=O)C(=O)c1ccccn1)c1ccsc1. The minimum atomic E-state index is -4.51. The Bertz CT molecular complexity index is 1310. The van der Waals surface area contributed by atoms with E-state index >= 15 is 0 Å². The fourth-order valence-corrected chi connectivity index (χ4v) is 7.98. The van der Waals surface area contributed by atoms with Crippen molar-refractivity contribution in [2.24, 2.45) is 5.92 Å². The fourth-order valence-electron chi connectivity index (χ4n) is 5.88. The first-order valence-electron chi connectivity index (χ1n) is 12.9. The maximum Gasteiger partial charge on any atom is 0.310 e. The lowest BCUT2D eigenvalue weighted by Gasteiger charge is -2.31. The molecule has 2 aromatic rings. The van der Waals surface area contributed by atoms with Crippen molar-refractivity contribution in [1.82, 2.24) is 19.5 Å². The molecule has 3 aliphatic rings. The zero-order valence-corrected chi connectivity index (χ0v) is 22.5. The van der Waals surface area contributed by atoms with Crippen molar-refractivity contribution in [2.45, 2.75) is 63.1 Å². The molecule has 1 saturated carbocycles. The number of nitrogens with one attached hydrogen (secondary N) is 1. The smallest absolute Gasteiger partial charge is 0.310 e. The summed E-state index contributed by atoms with van der Waals surface area (Å²) in [5.74, 6) is -0.876. The molecule has 3 unspecified atom stereocenters. The van der Waals surface area contributed by atoms with Crippen LogP contribution in [-0.2, 0) is 19.6 Å². The molecule has 0 radical (unpaired) electrons. The van der Waals surface area contributed by atoms with Crippen molar-refractivity contribution < 1.29 is 27.6 Å². The van der Waals surface area contributed by atoms with E-state index in [4.69, 9.17) is 0 Å². The summed E-state index contributed by atoms with van der Waals surface area (Å²) in [6.07, 6.45) is 7.29. The number of rotatable bonds is 7. The van der Waals surface area contributed by atoms with Crippen LogP contribution in [0.25, 0.3) is 0 Å². The van der Waals surface area contributed by atoms with E-state index in [1.807, 2.05) is 0 Å². The van der Waals surface area contributed by atoms with Gasteiger partial charge in [-0.3, -0.25) is 24.2 Å². The molecule has 0 spiro atoms. The van der Waals surface area contributed by atoms with Crippen LogP contribution in [0.3, 0.4) is 0 Å². The number of ketones is 1. The normalized spacial score (nSPS) is 23.3. The summed E-state index contributed by atoms with van der Waals surface area (Å²) < 4.78 is 27.3. The van der Waals surface area contributed by atoms with Crippen LogP contribution < -0.4 is 5.32 Å². The number of carbonyl (C=O) groups excluding carboxylic acids is 4. The average molecular weight is 559 g/mol. The van der Waals surface area contributed by atoms with Gasteiger partial charge in [-0.05, 0) is 42.3 Å². The Morgan fingerprint density at radius 3 is 2.58 bits per heavy atom. The molecule has 12 heteroatoms. The molecule has 0 aromatic carbocycles. The first kappa shape index (κ1) is 26.6.